The van der Waals surface area contributed by atoms with E-state index >= 15 is 0 Å². The quantitative estimate of drug-likeness (QED) is 0.925. The summed E-state index contributed by atoms with van der Waals surface area (Å²) in [6, 6.07) is 5.58. The molecule has 3 rings (SSSR count). The van der Waals surface area contributed by atoms with Crippen LogP contribution in [0.5, 0.6) is 0 Å². The molecule has 2 aromatic rings. The summed E-state index contributed by atoms with van der Waals surface area (Å²) < 4.78 is 12.2. The number of allylic oxidation sites excluding steroid dienone is 3. The highest BCUT2D eigenvalue weighted by Crippen LogP contribution is 2.20. The van der Waals surface area contributed by atoms with E-state index < -0.39 is 0 Å². The Morgan fingerprint density at radius 1 is 1.27 bits per heavy atom. The van der Waals surface area contributed by atoms with Crippen molar-refractivity contribution in [3.63, 3.8) is 0 Å². The number of hydrogen-bond acceptors (Lipinski definition) is 4. The van der Waals surface area contributed by atoms with Gasteiger partial charge in [-0.05, 0) is 37.6 Å². The average Bonchev–Trinajstić information content (AvgIpc) is 2.87. The number of aromatic nitrogens is 1. The maximum absolute atomic E-state index is 12.5. The van der Waals surface area contributed by atoms with Gasteiger partial charge in [-0.25, -0.2) is 0 Å². The second kappa shape index (κ2) is 6.66. The normalized spacial score (nSPS) is 17.2. The van der Waals surface area contributed by atoms with Gasteiger partial charge in [0.2, 0.25) is 0 Å². The summed E-state index contributed by atoms with van der Waals surface area (Å²) in [4.78, 5) is 12.5. The highest BCUT2D eigenvalue weighted by molar-refractivity contribution is 5.81. The summed E-state index contributed by atoms with van der Waals surface area (Å²) in [5, 5.41) is 3.77. The highest BCUT2D eigenvalue weighted by atomic mass is 16.5. The summed E-state index contributed by atoms with van der Waals surface area (Å²) in [5.74, 6) is 0. The van der Waals surface area contributed by atoms with E-state index in [1.54, 1.807) is 13.2 Å². The monoisotopic (exact) mass is 302 g/mol. The largest absolute Gasteiger partial charge is 0.371 e. The molecule has 22 heavy (non-hydrogen) atoms. The van der Waals surface area contributed by atoms with Gasteiger partial charge in [0.05, 0.1) is 5.39 Å². The predicted octanol–water partition coefficient (Wildman–Crippen LogP) is 3.25. The predicted molar refractivity (Wildman–Crippen MR) is 88.5 cm³/mol. The van der Waals surface area contributed by atoms with Gasteiger partial charge in [0, 0.05) is 12.8 Å². The fourth-order valence-electron chi connectivity index (χ4n) is 2.39. The van der Waals surface area contributed by atoms with Gasteiger partial charge in [-0.3, -0.25) is 4.79 Å². The molecule has 5 nitrogen and oxygen atoms in total. The Morgan fingerprint density at radius 2 is 2.00 bits per heavy atom. The highest BCUT2D eigenvalue weighted by Gasteiger charge is 2.18. The lowest BCUT2D eigenvalue weighted by Crippen LogP contribution is -2.32. The van der Waals surface area contributed by atoms with Crippen LogP contribution >= 0.6 is 0 Å². The molecule has 0 amide bonds. The lowest BCUT2D eigenvalue weighted by molar-refractivity contribution is 0.120. The van der Waals surface area contributed by atoms with Crippen LogP contribution in [0.25, 0.3) is 16.7 Å². The smallest absolute Gasteiger partial charge is 0.295 e. The zero-order valence-electron chi connectivity index (χ0n) is 13.6. The molecule has 1 unspecified atom stereocenters. The Morgan fingerprint density at radius 3 is 2.59 bits per heavy atom. The van der Waals surface area contributed by atoms with Crippen LogP contribution in [0.1, 0.15) is 26.3 Å². The van der Waals surface area contributed by atoms with Crippen LogP contribution in [0.3, 0.4) is 0 Å². The number of nitrogens with zero attached hydrogens (tertiary/aromatic N) is 1. The summed E-state index contributed by atoms with van der Waals surface area (Å²) in [7, 11) is 1.62. The van der Waals surface area contributed by atoms with E-state index in [9.17, 15) is 4.79 Å². The van der Waals surface area contributed by atoms with Crippen molar-refractivity contribution in [3.8, 4) is 0 Å². The minimum absolute atomic E-state index is 0.144. The van der Waals surface area contributed by atoms with Gasteiger partial charge in [-0.2, -0.15) is 0 Å². The van der Waals surface area contributed by atoms with Gasteiger partial charge >= 0.3 is 0 Å². The van der Waals surface area contributed by atoms with Crippen LogP contribution < -0.4 is 10.9 Å². The molecule has 1 aliphatic rings. The van der Waals surface area contributed by atoms with E-state index in [1.165, 1.54) is 4.74 Å². The van der Waals surface area contributed by atoms with E-state index in [-0.39, 0.29) is 11.8 Å². The molecule has 0 saturated heterocycles. The van der Waals surface area contributed by atoms with Crippen molar-refractivity contribution >= 4 is 16.7 Å². The Hall–Kier alpha value is -2.27. The van der Waals surface area contributed by atoms with Crippen molar-refractivity contribution in [2.75, 3.05) is 7.11 Å². The number of hydrogen-bond donors (Lipinski definition) is 1. The first kappa shape index (κ1) is 16.1. The van der Waals surface area contributed by atoms with E-state index in [2.05, 4.69) is 5.32 Å². The molecule has 0 spiro atoms. The molecular weight excluding hydrogens is 280 g/mol. The topological polar surface area (TPSA) is 56.4 Å². The van der Waals surface area contributed by atoms with Gasteiger partial charge in [-0.15, -0.1) is 4.74 Å². The zero-order chi connectivity index (χ0) is 16.3. The van der Waals surface area contributed by atoms with E-state index in [0.717, 1.165) is 11.3 Å². The van der Waals surface area contributed by atoms with Crippen molar-refractivity contribution in [1.82, 2.24) is 10.1 Å². The lowest BCUT2D eigenvalue weighted by atomic mass is 10.1. The second-order valence-corrected chi connectivity index (χ2v) is 4.81. The number of nitrogens with one attached hydrogen (secondary N) is 1. The molecule has 5 heteroatoms. The summed E-state index contributed by atoms with van der Waals surface area (Å²) in [6.07, 6.45) is 3.49. The fraction of sp³-hybridized carbons (Fsp3) is 0.353. The van der Waals surface area contributed by atoms with Gasteiger partial charge in [0.15, 0.2) is 5.58 Å². The van der Waals surface area contributed by atoms with E-state index in [1.807, 2.05) is 52.0 Å². The number of ether oxygens (including phenoxy) is 1. The molecule has 118 valence electrons. The second-order valence-electron chi connectivity index (χ2n) is 4.81. The minimum atomic E-state index is -0.180. The standard InChI is InChI=1S/C15H16N2O3.C2H6/c1-9-5-4-6-12-14(9)15(18)17(20-12)11-7-8-13(19-3)16-10(11)2;1-2/h4-8,13,16H,1-3H3;1-2H3. The lowest BCUT2D eigenvalue weighted by Gasteiger charge is -2.21. The van der Waals surface area contributed by atoms with Crippen LogP contribution in [-0.4, -0.2) is 18.1 Å². The molecule has 0 fully saturated rings. The third kappa shape index (κ3) is 2.72. The summed E-state index contributed by atoms with van der Waals surface area (Å²) in [6.45, 7) is 7.79. The number of fused-ring (bicyclic) bond motifs is 1. The molecule has 0 aliphatic carbocycles. The SMILES string of the molecule is CC.COC1C=CC(n2oc3cccc(C)c3c2=O)=C(C)N1. The molecular formula is C17H22N2O3. The molecule has 1 aliphatic heterocycles. The van der Waals surface area contributed by atoms with Crippen molar-refractivity contribution in [3.05, 3.63) is 52.0 Å². The maximum atomic E-state index is 12.5. The Bertz CT molecular complexity index is 781. The summed E-state index contributed by atoms with van der Waals surface area (Å²) in [5.41, 5.74) is 2.89. The van der Waals surface area contributed by atoms with Crippen LogP contribution in [0.4, 0.5) is 0 Å². The summed E-state index contributed by atoms with van der Waals surface area (Å²) >= 11 is 0. The number of aryl methyl sites for hydroxylation is 1. The number of methoxy groups -OCH3 is 1. The molecule has 2 heterocycles. The Balaban J connectivity index is 0.000000847. The Labute approximate surface area is 129 Å². The number of rotatable bonds is 2. The van der Waals surface area contributed by atoms with Crippen LogP contribution in [0, 0.1) is 6.92 Å². The first-order chi connectivity index (χ1) is 10.6. The van der Waals surface area contributed by atoms with Gasteiger partial charge in [0.1, 0.15) is 11.9 Å². The molecule has 1 aromatic heterocycles. The first-order valence-electron chi connectivity index (χ1n) is 7.42. The van der Waals surface area contributed by atoms with Crippen molar-refractivity contribution in [2.24, 2.45) is 0 Å². The number of benzene rings is 1. The average molecular weight is 302 g/mol. The van der Waals surface area contributed by atoms with Crippen molar-refractivity contribution in [2.45, 2.75) is 33.9 Å². The minimum Gasteiger partial charge on any atom is -0.371 e. The third-order valence-corrected chi connectivity index (χ3v) is 3.47. The third-order valence-electron chi connectivity index (χ3n) is 3.47. The van der Waals surface area contributed by atoms with Gasteiger partial charge in [-0.1, -0.05) is 26.0 Å². The van der Waals surface area contributed by atoms with E-state index in [0.29, 0.717) is 16.7 Å². The van der Waals surface area contributed by atoms with Crippen LogP contribution in [0.15, 0.2) is 45.4 Å². The maximum Gasteiger partial charge on any atom is 0.295 e. The molecule has 0 saturated carbocycles. The van der Waals surface area contributed by atoms with Crippen molar-refractivity contribution in [1.29, 1.82) is 0 Å². The molecule has 0 bridgehead atoms. The fourth-order valence-corrected chi connectivity index (χ4v) is 2.39. The van der Waals surface area contributed by atoms with Gasteiger partial charge < -0.3 is 14.6 Å². The van der Waals surface area contributed by atoms with Crippen molar-refractivity contribution < 1.29 is 9.26 Å². The van der Waals surface area contributed by atoms with Gasteiger partial charge in [0.25, 0.3) is 5.56 Å². The first-order valence-corrected chi connectivity index (χ1v) is 7.42. The molecule has 1 aromatic carbocycles. The molecule has 1 N–H and O–H groups in total. The van der Waals surface area contributed by atoms with Crippen LogP contribution in [-0.2, 0) is 4.74 Å². The van der Waals surface area contributed by atoms with Crippen LogP contribution in [0.2, 0.25) is 0 Å². The molecule has 1 atom stereocenters. The Kier molecular flexibility index (Phi) is 4.88. The van der Waals surface area contributed by atoms with E-state index in [4.69, 9.17) is 9.26 Å². The molecule has 0 radical (unpaired) electrons. The number of dihydropyridines is 1. The zero-order valence-corrected chi connectivity index (χ0v) is 13.6.